The van der Waals surface area contributed by atoms with Gasteiger partial charge >= 0.3 is 0 Å². The van der Waals surface area contributed by atoms with Crippen LogP contribution in [0.15, 0.2) is 52.9 Å². The van der Waals surface area contributed by atoms with Gasteiger partial charge in [0.2, 0.25) is 0 Å². The molecule has 3 heterocycles. The molecule has 5 heteroatoms. The first-order valence-electron chi connectivity index (χ1n) is 6.37. The molecule has 0 atom stereocenters. The van der Waals surface area contributed by atoms with Crippen LogP contribution >= 0.6 is 0 Å². The fourth-order valence-electron chi connectivity index (χ4n) is 2.42. The number of benzene rings is 1. The average Bonchev–Trinajstić information content (AvgIpc) is 3.19. The molecule has 1 aliphatic rings. The summed E-state index contributed by atoms with van der Waals surface area (Å²) in [5.74, 6) is 0.0465. The lowest BCUT2D eigenvalue weighted by atomic mass is 9.99. The molecule has 96 valence electrons. The van der Waals surface area contributed by atoms with Gasteiger partial charge in [-0.2, -0.15) is 15.3 Å². The van der Waals surface area contributed by atoms with Crippen LogP contribution in [0.1, 0.15) is 11.6 Å². The highest BCUT2D eigenvalue weighted by Gasteiger charge is 2.15. The second-order valence-electron chi connectivity index (χ2n) is 4.65. The molecule has 2 aromatic heterocycles. The van der Waals surface area contributed by atoms with Gasteiger partial charge in [0, 0.05) is 29.6 Å². The average molecular weight is 261 g/mol. The van der Waals surface area contributed by atoms with E-state index in [1.54, 1.807) is 12.4 Å². The Bertz CT molecular complexity index is 805. The maximum atomic E-state index is 4.71. The predicted molar refractivity (Wildman–Crippen MR) is 79.0 cm³/mol. The Labute approximate surface area is 115 Å². The van der Waals surface area contributed by atoms with E-state index in [1.165, 1.54) is 0 Å². The smallest absolute Gasteiger partial charge is 0.0756 e. The van der Waals surface area contributed by atoms with E-state index in [0.717, 1.165) is 27.7 Å². The van der Waals surface area contributed by atoms with E-state index in [0.29, 0.717) is 0 Å². The van der Waals surface area contributed by atoms with E-state index in [4.69, 9.17) is 4.98 Å². The van der Waals surface area contributed by atoms with Gasteiger partial charge in [0.05, 0.1) is 23.3 Å². The summed E-state index contributed by atoms with van der Waals surface area (Å²) in [6, 6.07) is 10.2. The first-order valence-corrected chi connectivity index (χ1v) is 6.37. The topological polar surface area (TPSA) is 66.3 Å². The van der Waals surface area contributed by atoms with Gasteiger partial charge in [0.15, 0.2) is 0 Å². The zero-order valence-corrected chi connectivity index (χ0v) is 10.6. The third-order valence-corrected chi connectivity index (χ3v) is 3.41. The number of rotatable bonds is 2. The number of H-pyrrole nitrogens is 1. The summed E-state index contributed by atoms with van der Waals surface area (Å²) in [5.41, 5.74) is 4.09. The highest BCUT2D eigenvalue weighted by atomic mass is 15.2. The van der Waals surface area contributed by atoms with Crippen LogP contribution in [0.2, 0.25) is 0 Å². The van der Waals surface area contributed by atoms with Crippen molar-refractivity contribution in [2.75, 3.05) is 0 Å². The Kier molecular flexibility index (Phi) is 2.42. The molecule has 0 saturated carbocycles. The Hall–Kier alpha value is -2.82. The number of aromatic nitrogens is 3. The molecule has 0 saturated heterocycles. The van der Waals surface area contributed by atoms with Gasteiger partial charge in [0.1, 0.15) is 0 Å². The van der Waals surface area contributed by atoms with E-state index in [2.05, 4.69) is 32.5 Å². The van der Waals surface area contributed by atoms with Crippen LogP contribution < -0.4 is 0 Å². The second-order valence-corrected chi connectivity index (χ2v) is 4.65. The third-order valence-electron chi connectivity index (χ3n) is 3.41. The maximum Gasteiger partial charge on any atom is 0.0756 e. The molecule has 4 rings (SSSR count). The highest BCUT2D eigenvalue weighted by molar-refractivity contribution is 5.98. The van der Waals surface area contributed by atoms with Crippen molar-refractivity contribution in [2.24, 2.45) is 10.2 Å². The number of pyridine rings is 1. The number of nitrogens with zero attached hydrogens (tertiary/aromatic N) is 4. The molecule has 0 radical (unpaired) electrons. The quantitative estimate of drug-likeness (QED) is 0.770. The van der Waals surface area contributed by atoms with Crippen LogP contribution in [-0.2, 0) is 0 Å². The summed E-state index contributed by atoms with van der Waals surface area (Å²) in [6.07, 6.45) is 7.32. The van der Waals surface area contributed by atoms with E-state index >= 15 is 0 Å². The van der Waals surface area contributed by atoms with Gasteiger partial charge in [-0.3, -0.25) is 10.1 Å². The van der Waals surface area contributed by atoms with Crippen molar-refractivity contribution in [3.8, 4) is 11.1 Å². The minimum Gasteiger partial charge on any atom is -0.285 e. The van der Waals surface area contributed by atoms with Crippen LogP contribution in [-0.4, -0.2) is 27.6 Å². The van der Waals surface area contributed by atoms with Crippen molar-refractivity contribution in [1.82, 2.24) is 15.2 Å². The van der Waals surface area contributed by atoms with Crippen molar-refractivity contribution in [3.63, 3.8) is 0 Å². The SMILES string of the molecule is C1=NN=CC1c1cc(-c2cn[nH]c2)c2ccccc2n1. The largest absolute Gasteiger partial charge is 0.285 e. The minimum absolute atomic E-state index is 0.0465. The molecule has 20 heavy (non-hydrogen) atoms. The van der Waals surface area contributed by atoms with E-state index in [1.807, 2.05) is 30.6 Å². The summed E-state index contributed by atoms with van der Waals surface area (Å²) in [7, 11) is 0. The van der Waals surface area contributed by atoms with Crippen LogP contribution in [0.3, 0.4) is 0 Å². The predicted octanol–water partition coefficient (Wildman–Crippen LogP) is 2.78. The number of para-hydroxylation sites is 1. The second kappa shape index (κ2) is 4.38. The summed E-state index contributed by atoms with van der Waals surface area (Å²) in [5, 5.41) is 15.8. The number of aromatic amines is 1. The summed E-state index contributed by atoms with van der Waals surface area (Å²) in [6.45, 7) is 0. The van der Waals surface area contributed by atoms with Crippen LogP contribution in [0, 0.1) is 0 Å². The van der Waals surface area contributed by atoms with Gasteiger partial charge < -0.3 is 0 Å². The fourth-order valence-corrected chi connectivity index (χ4v) is 2.42. The van der Waals surface area contributed by atoms with E-state index < -0.39 is 0 Å². The Balaban J connectivity index is 1.99. The normalized spacial score (nSPS) is 14.4. The first kappa shape index (κ1) is 11.0. The molecule has 0 bridgehead atoms. The molecule has 1 aliphatic heterocycles. The first-order chi connectivity index (χ1) is 9.92. The fraction of sp³-hybridized carbons (Fsp3) is 0.0667. The van der Waals surface area contributed by atoms with E-state index in [-0.39, 0.29) is 5.92 Å². The monoisotopic (exact) mass is 261 g/mol. The lowest BCUT2D eigenvalue weighted by Gasteiger charge is -2.09. The van der Waals surface area contributed by atoms with Gasteiger partial charge in [0.25, 0.3) is 0 Å². The molecular formula is C15H11N5. The Morgan fingerprint density at radius 3 is 2.70 bits per heavy atom. The molecule has 3 aromatic rings. The third kappa shape index (κ3) is 1.72. The molecule has 5 nitrogen and oxygen atoms in total. The van der Waals surface area contributed by atoms with Crippen molar-refractivity contribution < 1.29 is 0 Å². The zero-order chi connectivity index (χ0) is 13.4. The molecule has 1 aromatic carbocycles. The standard InChI is InChI=1S/C15H11N5/c1-2-4-14-12(3-1)13(10-6-16-17-7-10)5-15(20-14)11-8-18-19-9-11/h1-9,11H,(H,16,17). The van der Waals surface area contributed by atoms with Crippen molar-refractivity contribution in [3.05, 3.63) is 48.4 Å². The van der Waals surface area contributed by atoms with Crippen molar-refractivity contribution in [1.29, 1.82) is 0 Å². The van der Waals surface area contributed by atoms with Crippen molar-refractivity contribution >= 4 is 23.3 Å². The summed E-state index contributed by atoms with van der Waals surface area (Å²) in [4.78, 5) is 4.71. The van der Waals surface area contributed by atoms with Crippen LogP contribution in [0.25, 0.3) is 22.0 Å². The van der Waals surface area contributed by atoms with E-state index in [9.17, 15) is 0 Å². The summed E-state index contributed by atoms with van der Waals surface area (Å²) >= 11 is 0. The van der Waals surface area contributed by atoms with Gasteiger partial charge in [-0.25, -0.2) is 0 Å². The van der Waals surface area contributed by atoms with Gasteiger partial charge in [-0.15, -0.1) is 0 Å². The molecule has 0 fully saturated rings. The van der Waals surface area contributed by atoms with Crippen LogP contribution in [0.4, 0.5) is 0 Å². The van der Waals surface area contributed by atoms with Crippen LogP contribution in [0.5, 0.6) is 0 Å². The number of hydrogen-bond acceptors (Lipinski definition) is 4. The highest BCUT2D eigenvalue weighted by Crippen LogP contribution is 2.29. The molecule has 0 unspecified atom stereocenters. The maximum absolute atomic E-state index is 4.71. The molecule has 0 amide bonds. The lowest BCUT2D eigenvalue weighted by molar-refractivity contribution is 1.09. The minimum atomic E-state index is 0.0465. The number of hydrogen-bond donors (Lipinski definition) is 1. The Morgan fingerprint density at radius 2 is 1.90 bits per heavy atom. The van der Waals surface area contributed by atoms with Crippen molar-refractivity contribution in [2.45, 2.75) is 5.92 Å². The zero-order valence-electron chi connectivity index (χ0n) is 10.6. The van der Waals surface area contributed by atoms with Gasteiger partial charge in [-0.1, -0.05) is 18.2 Å². The molecule has 0 spiro atoms. The number of nitrogens with one attached hydrogen (secondary N) is 1. The molecular weight excluding hydrogens is 250 g/mol. The Morgan fingerprint density at radius 1 is 1.05 bits per heavy atom. The summed E-state index contributed by atoms with van der Waals surface area (Å²) < 4.78 is 0. The van der Waals surface area contributed by atoms with Gasteiger partial charge in [-0.05, 0) is 17.7 Å². The number of fused-ring (bicyclic) bond motifs is 1. The lowest BCUT2D eigenvalue weighted by Crippen LogP contribution is -2.02. The molecule has 1 N–H and O–H groups in total. The molecule has 0 aliphatic carbocycles.